The number of amides is 2. The molecule has 0 radical (unpaired) electrons. The van der Waals surface area contributed by atoms with E-state index in [2.05, 4.69) is 9.57 Å². The van der Waals surface area contributed by atoms with Gasteiger partial charge in [0.1, 0.15) is 0 Å². The van der Waals surface area contributed by atoms with Gasteiger partial charge in [0.25, 0.3) is 18.0 Å². The van der Waals surface area contributed by atoms with Crippen molar-refractivity contribution in [3.63, 3.8) is 0 Å². The molecule has 7 nitrogen and oxygen atoms in total. The Morgan fingerprint density at radius 1 is 1.14 bits per heavy atom. The number of carbonyl (C=O) groups excluding carboxylic acids is 4. The minimum absolute atomic E-state index is 0.0295. The molecule has 1 unspecified atom stereocenters. The fourth-order valence-corrected chi connectivity index (χ4v) is 1.70. The minimum Gasteiger partial charge on any atom is -0.463 e. The number of halogens is 1. The summed E-state index contributed by atoms with van der Waals surface area (Å²) in [7, 11) is 0. The Morgan fingerprint density at radius 3 is 2.14 bits per heavy atom. The summed E-state index contributed by atoms with van der Waals surface area (Å²) in [6, 6.07) is 5.77. The van der Waals surface area contributed by atoms with E-state index in [-0.39, 0.29) is 22.8 Å². The first kappa shape index (κ1) is 14.6. The molecule has 1 aromatic carbocycles. The Hall–Kier alpha value is -2.77. The van der Waals surface area contributed by atoms with Crippen molar-refractivity contribution in [3.8, 4) is 0 Å². The molecule has 0 aliphatic carbocycles. The van der Waals surface area contributed by atoms with Gasteiger partial charge in [0, 0.05) is 0 Å². The van der Waals surface area contributed by atoms with Crippen LogP contribution < -0.4 is 0 Å². The number of fused-ring (bicyclic) bond motifs is 1. The summed E-state index contributed by atoms with van der Waals surface area (Å²) in [6.07, 6.45) is -2.73. The van der Waals surface area contributed by atoms with Crippen molar-refractivity contribution in [2.75, 3.05) is 6.61 Å². The standard InChI is InChI=1S/C13H10FNO6/c1-2-20-12(18)9(14)13(19)21-15-10(16)7-5-3-4-6-8(7)11(15)17/h3-6,9H,2H2,1H3. The smallest absolute Gasteiger partial charge is 0.378 e. The lowest BCUT2D eigenvalue weighted by Gasteiger charge is -2.13. The van der Waals surface area contributed by atoms with Gasteiger partial charge in [0.15, 0.2) is 0 Å². The number of carbonyl (C=O) groups is 4. The monoisotopic (exact) mass is 295 g/mol. The summed E-state index contributed by atoms with van der Waals surface area (Å²) in [5, 5.41) is 0.124. The highest BCUT2D eigenvalue weighted by atomic mass is 19.1. The van der Waals surface area contributed by atoms with Crippen LogP contribution in [0.25, 0.3) is 0 Å². The average molecular weight is 295 g/mol. The Morgan fingerprint density at radius 2 is 1.67 bits per heavy atom. The largest absolute Gasteiger partial charge is 0.463 e. The molecule has 8 heteroatoms. The number of benzene rings is 1. The van der Waals surface area contributed by atoms with Gasteiger partial charge in [-0.15, -0.1) is 0 Å². The zero-order chi connectivity index (χ0) is 15.6. The van der Waals surface area contributed by atoms with Crippen LogP contribution in [0.15, 0.2) is 24.3 Å². The van der Waals surface area contributed by atoms with E-state index >= 15 is 0 Å². The van der Waals surface area contributed by atoms with E-state index in [4.69, 9.17) is 0 Å². The average Bonchev–Trinajstić information content (AvgIpc) is 2.72. The number of esters is 1. The maximum absolute atomic E-state index is 13.4. The van der Waals surface area contributed by atoms with Crippen molar-refractivity contribution in [3.05, 3.63) is 35.4 Å². The summed E-state index contributed by atoms with van der Waals surface area (Å²) in [5.41, 5.74) is 0.0590. The number of hydrogen-bond acceptors (Lipinski definition) is 6. The molecule has 0 bridgehead atoms. The van der Waals surface area contributed by atoms with Crippen molar-refractivity contribution in [2.45, 2.75) is 13.1 Å². The predicted molar refractivity (Wildman–Crippen MR) is 64.6 cm³/mol. The maximum atomic E-state index is 13.4. The van der Waals surface area contributed by atoms with Gasteiger partial charge < -0.3 is 9.57 Å². The van der Waals surface area contributed by atoms with Crippen LogP contribution in [-0.2, 0) is 19.2 Å². The molecule has 1 heterocycles. The van der Waals surface area contributed by atoms with Crippen LogP contribution in [-0.4, -0.2) is 41.6 Å². The molecule has 0 saturated heterocycles. The minimum atomic E-state index is -2.73. The van der Waals surface area contributed by atoms with Crippen LogP contribution in [0.1, 0.15) is 27.6 Å². The van der Waals surface area contributed by atoms with E-state index in [1.807, 2.05) is 0 Å². The summed E-state index contributed by atoms with van der Waals surface area (Å²) < 4.78 is 17.7. The number of imide groups is 1. The lowest BCUT2D eigenvalue weighted by molar-refractivity contribution is -0.180. The van der Waals surface area contributed by atoms with Crippen LogP contribution in [0.5, 0.6) is 0 Å². The number of rotatable bonds is 4. The van der Waals surface area contributed by atoms with Crippen molar-refractivity contribution in [1.29, 1.82) is 0 Å². The van der Waals surface area contributed by atoms with E-state index in [1.165, 1.54) is 31.2 Å². The van der Waals surface area contributed by atoms with Crippen molar-refractivity contribution >= 4 is 23.8 Å². The van der Waals surface area contributed by atoms with E-state index in [0.717, 1.165) is 0 Å². The van der Waals surface area contributed by atoms with Crippen LogP contribution in [0, 0.1) is 0 Å². The Balaban J connectivity index is 2.12. The van der Waals surface area contributed by atoms with Crippen molar-refractivity contribution in [2.24, 2.45) is 0 Å². The summed E-state index contributed by atoms with van der Waals surface area (Å²) >= 11 is 0. The summed E-state index contributed by atoms with van der Waals surface area (Å²) in [5.74, 6) is -4.94. The predicted octanol–water partition coefficient (Wildman–Crippen LogP) is 0.642. The van der Waals surface area contributed by atoms with Crippen LogP contribution >= 0.6 is 0 Å². The Kier molecular flexibility index (Phi) is 3.97. The molecule has 0 fully saturated rings. The fraction of sp³-hybridized carbons (Fsp3) is 0.231. The third kappa shape index (κ3) is 2.60. The number of nitrogens with zero attached hydrogens (tertiary/aromatic N) is 1. The number of alkyl halides is 1. The summed E-state index contributed by atoms with van der Waals surface area (Å²) in [6.45, 7) is 1.31. The van der Waals surface area contributed by atoms with Gasteiger partial charge in [-0.2, -0.15) is 0 Å². The molecule has 21 heavy (non-hydrogen) atoms. The molecule has 0 spiro atoms. The van der Waals surface area contributed by atoms with Crippen molar-refractivity contribution in [1.82, 2.24) is 5.06 Å². The molecule has 0 aromatic heterocycles. The van der Waals surface area contributed by atoms with E-state index in [1.54, 1.807) is 0 Å². The number of ether oxygens (including phenoxy) is 1. The van der Waals surface area contributed by atoms with E-state index in [0.29, 0.717) is 0 Å². The maximum Gasteiger partial charge on any atom is 0.378 e. The van der Waals surface area contributed by atoms with E-state index in [9.17, 15) is 23.6 Å². The second kappa shape index (κ2) is 5.70. The second-order valence-electron chi connectivity index (χ2n) is 3.98. The molecular weight excluding hydrogens is 285 g/mol. The third-order valence-corrected chi connectivity index (χ3v) is 2.64. The van der Waals surface area contributed by atoms with Gasteiger partial charge in [0.05, 0.1) is 17.7 Å². The van der Waals surface area contributed by atoms with Gasteiger partial charge in [-0.25, -0.2) is 14.0 Å². The molecule has 0 saturated carbocycles. The first-order valence-electron chi connectivity index (χ1n) is 5.97. The molecule has 2 amide bonds. The molecule has 0 N–H and O–H groups in total. The lowest BCUT2D eigenvalue weighted by Crippen LogP contribution is -2.38. The zero-order valence-electron chi connectivity index (χ0n) is 10.9. The molecule has 110 valence electrons. The Bertz CT molecular complexity index is 594. The van der Waals surface area contributed by atoms with Gasteiger partial charge in [-0.1, -0.05) is 17.2 Å². The van der Waals surface area contributed by atoms with Crippen LogP contribution in [0.2, 0.25) is 0 Å². The van der Waals surface area contributed by atoms with Crippen LogP contribution in [0.4, 0.5) is 4.39 Å². The molecule has 1 aliphatic rings. The van der Waals surface area contributed by atoms with Gasteiger partial charge >= 0.3 is 11.9 Å². The lowest BCUT2D eigenvalue weighted by atomic mass is 10.1. The first-order chi connectivity index (χ1) is 9.97. The van der Waals surface area contributed by atoms with Gasteiger partial charge in [0.2, 0.25) is 0 Å². The fourth-order valence-electron chi connectivity index (χ4n) is 1.70. The highest BCUT2D eigenvalue weighted by molar-refractivity contribution is 6.21. The molecular formula is C13H10FNO6. The highest BCUT2D eigenvalue weighted by Gasteiger charge is 2.41. The molecule has 1 aliphatic heterocycles. The second-order valence-corrected chi connectivity index (χ2v) is 3.98. The topological polar surface area (TPSA) is 90.0 Å². The van der Waals surface area contributed by atoms with Crippen LogP contribution in [0.3, 0.4) is 0 Å². The van der Waals surface area contributed by atoms with Crippen molar-refractivity contribution < 1.29 is 33.1 Å². The molecule has 2 rings (SSSR count). The number of hydrogen-bond donors (Lipinski definition) is 0. The van der Waals surface area contributed by atoms with Gasteiger partial charge in [-0.3, -0.25) is 9.59 Å². The summed E-state index contributed by atoms with van der Waals surface area (Å²) in [4.78, 5) is 50.5. The first-order valence-corrected chi connectivity index (χ1v) is 5.97. The Labute approximate surface area is 118 Å². The quantitative estimate of drug-likeness (QED) is 0.460. The van der Waals surface area contributed by atoms with E-state index < -0.39 is 29.9 Å². The zero-order valence-corrected chi connectivity index (χ0v) is 10.9. The third-order valence-electron chi connectivity index (χ3n) is 2.64. The molecule has 1 atom stereocenters. The normalized spacial score (nSPS) is 14.7. The molecule has 1 aromatic rings. The SMILES string of the molecule is CCOC(=O)C(F)C(=O)ON1C(=O)c2ccccc2C1=O. The highest BCUT2D eigenvalue weighted by Crippen LogP contribution is 2.23. The number of hydroxylamine groups is 2. The van der Waals surface area contributed by atoms with Gasteiger partial charge in [-0.05, 0) is 19.1 Å².